The van der Waals surface area contributed by atoms with E-state index in [1.165, 1.54) is 29.5 Å². The molecule has 3 rings (SSSR count). The first kappa shape index (κ1) is 13.5. The number of benzene rings is 1. The van der Waals surface area contributed by atoms with Crippen molar-refractivity contribution in [3.05, 3.63) is 56.8 Å². The van der Waals surface area contributed by atoms with Gasteiger partial charge >= 0.3 is 0 Å². The van der Waals surface area contributed by atoms with E-state index in [4.69, 9.17) is 11.6 Å². The van der Waals surface area contributed by atoms with E-state index in [-0.39, 0.29) is 16.5 Å². The number of rotatable bonds is 3. The van der Waals surface area contributed by atoms with Gasteiger partial charge in [-0.05, 0) is 6.07 Å². The lowest BCUT2D eigenvalue weighted by Crippen LogP contribution is -2.14. The van der Waals surface area contributed by atoms with Crippen LogP contribution in [0.5, 0.6) is 0 Å². The number of carbonyl (C=O) groups excluding carboxylic acids is 1. The fourth-order valence-electron chi connectivity index (χ4n) is 1.85. The lowest BCUT2D eigenvalue weighted by atomic mass is 10.2. The van der Waals surface area contributed by atoms with Crippen molar-refractivity contribution < 1.29 is 9.72 Å². The third-order valence-electron chi connectivity index (χ3n) is 2.75. The van der Waals surface area contributed by atoms with Crippen molar-refractivity contribution in [2.45, 2.75) is 0 Å². The molecule has 0 saturated heterocycles. The van der Waals surface area contributed by atoms with Gasteiger partial charge in [0.05, 0.1) is 4.92 Å². The van der Waals surface area contributed by atoms with Crippen LogP contribution in [0.2, 0.25) is 5.15 Å². The van der Waals surface area contributed by atoms with Crippen LogP contribution in [0.4, 0.5) is 11.4 Å². The molecule has 2 aromatic heterocycles. The van der Waals surface area contributed by atoms with Gasteiger partial charge in [-0.3, -0.25) is 19.3 Å². The zero-order valence-electron chi connectivity index (χ0n) is 10.3. The summed E-state index contributed by atoms with van der Waals surface area (Å²) >= 11 is 7.31. The maximum absolute atomic E-state index is 12.3. The van der Waals surface area contributed by atoms with E-state index < -0.39 is 10.8 Å². The Morgan fingerprint density at radius 1 is 1.48 bits per heavy atom. The minimum absolute atomic E-state index is 0.0878. The number of carbonyl (C=O) groups is 1. The summed E-state index contributed by atoms with van der Waals surface area (Å²) in [5.41, 5.74) is 0.405. The zero-order valence-corrected chi connectivity index (χ0v) is 11.9. The molecule has 3 aromatic rings. The van der Waals surface area contributed by atoms with Gasteiger partial charge in [0, 0.05) is 29.4 Å². The van der Waals surface area contributed by atoms with Crippen LogP contribution in [0.3, 0.4) is 0 Å². The number of aromatic nitrogens is 2. The van der Waals surface area contributed by atoms with Gasteiger partial charge in [-0.2, -0.15) is 0 Å². The Bertz CT molecular complexity index is 857. The molecular weight excluding hydrogens is 316 g/mol. The van der Waals surface area contributed by atoms with Crippen LogP contribution < -0.4 is 5.32 Å². The number of hydrogen-bond donors (Lipinski definition) is 1. The molecule has 0 fully saturated rings. The fraction of sp³-hybridized carbons (Fsp3) is 0. The minimum Gasteiger partial charge on any atom is -0.320 e. The largest absolute Gasteiger partial charge is 0.320 e. The van der Waals surface area contributed by atoms with Gasteiger partial charge in [-0.15, -0.1) is 11.3 Å². The summed E-state index contributed by atoms with van der Waals surface area (Å²) in [4.78, 5) is 27.1. The molecule has 0 saturated carbocycles. The van der Waals surface area contributed by atoms with Crippen molar-refractivity contribution in [3.63, 3.8) is 0 Å². The van der Waals surface area contributed by atoms with Crippen LogP contribution in [0, 0.1) is 10.1 Å². The predicted octanol–water partition coefficient (Wildman–Crippen LogP) is 3.21. The quantitative estimate of drug-likeness (QED) is 0.592. The molecule has 0 spiro atoms. The maximum Gasteiger partial charge on any atom is 0.275 e. The van der Waals surface area contributed by atoms with Gasteiger partial charge in [0.2, 0.25) is 0 Å². The van der Waals surface area contributed by atoms with Gasteiger partial charge in [0.1, 0.15) is 0 Å². The molecule has 1 N–H and O–H groups in total. The van der Waals surface area contributed by atoms with E-state index in [0.29, 0.717) is 10.6 Å². The molecule has 9 heteroatoms. The fourth-order valence-corrected chi connectivity index (χ4v) is 2.87. The summed E-state index contributed by atoms with van der Waals surface area (Å²) < 4.78 is 1.57. The van der Waals surface area contributed by atoms with Crippen LogP contribution in [0.25, 0.3) is 4.96 Å². The summed E-state index contributed by atoms with van der Waals surface area (Å²) in [5.74, 6) is -0.480. The maximum atomic E-state index is 12.3. The molecule has 7 nitrogen and oxygen atoms in total. The number of halogens is 1. The van der Waals surface area contributed by atoms with Crippen LogP contribution in [0.15, 0.2) is 35.8 Å². The number of nitro groups is 1. The number of nitrogens with zero attached hydrogens (tertiary/aromatic N) is 3. The van der Waals surface area contributed by atoms with E-state index in [1.807, 2.05) is 0 Å². The molecule has 0 bridgehead atoms. The Hall–Kier alpha value is -2.45. The van der Waals surface area contributed by atoms with Crippen molar-refractivity contribution in [3.8, 4) is 0 Å². The summed E-state index contributed by atoms with van der Waals surface area (Å²) in [6, 6.07) is 5.67. The summed E-state index contributed by atoms with van der Waals surface area (Å²) in [7, 11) is 0. The average Bonchev–Trinajstić information content (AvgIpc) is 2.98. The highest BCUT2D eigenvalue weighted by Crippen LogP contribution is 2.23. The van der Waals surface area contributed by atoms with E-state index in [9.17, 15) is 14.9 Å². The second-order valence-corrected chi connectivity index (χ2v) is 5.30. The average molecular weight is 323 g/mol. The third kappa shape index (κ3) is 2.46. The van der Waals surface area contributed by atoms with E-state index in [1.54, 1.807) is 22.0 Å². The SMILES string of the molecule is O=C(Nc1cccc([N+](=O)[O-])c1)c1c(Cl)nc2sccn12. The topological polar surface area (TPSA) is 89.5 Å². The van der Waals surface area contributed by atoms with E-state index >= 15 is 0 Å². The number of imidazole rings is 1. The molecule has 0 radical (unpaired) electrons. The Morgan fingerprint density at radius 2 is 2.29 bits per heavy atom. The number of fused-ring (bicyclic) bond motifs is 1. The lowest BCUT2D eigenvalue weighted by Gasteiger charge is -2.04. The highest BCUT2D eigenvalue weighted by Gasteiger charge is 2.19. The van der Waals surface area contributed by atoms with E-state index in [2.05, 4.69) is 10.3 Å². The third-order valence-corrected chi connectivity index (χ3v) is 3.77. The second-order valence-electron chi connectivity index (χ2n) is 4.07. The number of nitro benzene ring substituents is 1. The highest BCUT2D eigenvalue weighted by molar-refractivity contribution is 7.15. The number of non-ortho nitro benzene ring substituents is 1. The number of hydrogen-bond acceptors (Lipinski definition) is 5. The van der Waals surface area contributed by atoms with Crippen LogP contribution in [0.1, 0.15) is 10.5 Å². The standard InChI is InChI=1S/C12H7ClN4O3S/c13-10-9(16-4-5-21-12(16)15-10)11(18)14-7-2-1-3-8(6-7)17(19)20/h1-6H,(H,14,18). The van der Waals surface area contributed by atoms with Crippen molar-refractivity contribution >= 4 is 45.2 Å². The zero-order chi connectivity index (χ0) is 15.0. The Kier molecular flexibility index (Phi) is 3.32. The normalized spacial score (nSPS) is 10.7. The molecule has 0 aliphatic carbocycles. The van der Waals surface area contributed by atoms with Gasteiger partial charge in [-0.1, -0.05) is 17.7 Å². The first-order chi connectivity index (χ1) is 10.1. The van der Waals surface area contributed by atoms with Crippen molar-refractivity contribution in [1.82, 2.24) is 9.38 Å². The lowest BCUT2D eigenvalue weighted by molar-refractivity contribution is -0.384. The molecule has 1 amide bonds. The van der Waals surface area contributed by atoms with Crippen molar-refractivity contribution in [2.75, 3.05) is 5.32 Å². The van der Waals surface area contributed by atoms with Crippen molar-refractivity contribution in [2.24, 2.45) is 0 Å². The summed E-state index contributed by atoms with van der Waals surface area (Å²) in [6.45, 7) is 0. The van der Waals surface area contributed by atoms with Crippen molar-refractivity contribution in [1.29, 1.82) is 0 Å². The molecule has 21 heavy (non-hydrogen) atoms. The molecule has 0 atom stereocenters. The second kappa shape index (κ2) is 5.15. The number of amides is 1. The highest BCUT2D eigenvalue weighted by atomic mass is 35.5. The van der Waals surface area contributed by atoms with Crippen LogP contribution in [-0.2, 0) is 0 Å². The molecule has 2 heterocycles. The molecule has 0 aliphatic heterocycles. The Morgan fingerprint density at radius 3 is 3.05 bits per heavy atom. The predicted molar refractivity (Wildman–Crippen MR) is 79.1 cm³/mol. The first-order valence-electron chi connectivity index (χ1n) is 5.73. The van der Waals surface area contributed by atoms with Crippen LogP contribution in [-0.4, -0.2) is 20.2 Å². The van der Waals surface area contributed by atoms with Gasteiger partial charge in [0.15, 0.2) is 15.8 Å². The smallest absolute Gasteiger partial charge is 0.275 e. The monoisotopic (exact) mass is 322 g/mol. The van der Waals surface area contributed by atoms with Gasteiger partial charge in [0.25, 0.3) is 11.6 Å². The van der Waals surface area contributed by atoms with Crippen LogP contribution >= 0.6 is 22.9 Å². The summed E-state index contributed by atoms with van der Waals surface area (Å²) in [5, 5.41) is 15.2. The van der Waals surface area contributed by atoms with E-state index in [0.717, 1.165) is 0 Å². The first-order valence-corrected chi connectivity index (χ1v) is 6.99. The number of thiazole rings is 1. The Balaban J connectivity index is 1.93. The Labute approximate surface area is 126 Å². The van der Waals surface area contributed by atoms with Gasteiger partial charge in [-0.25, -0.2) is 4.98 Å². The molecule has 1 aromatic carbocycles. The molecular formula is C12H7ClN4O3S. The number of nitrogens with one attached hydrogen (secondary N) is 1. The van der Waals surface area contributed by atoms with Gasteiger partial charge < -0.3 is 5.32 Å². The summed E-state index contributed by atoms with van der Waals surface area (Å²) in [6.07, 6.45) is 1.68. The number of anilines is 1. The molecule has 0 aliphatic rings. The minimum atomic E-state index is -0.529. The molecule has 106 valence electrons. The molecule has 0 unspecified atom stereocenters.